The van der Waals surface area contributed by atoms with Crippen LogP contribution in [0.25, 0.3) is 10.9 Å². The molecule has 9 heteroatoms. The summed E-state index contributed by atoms with van der Waals surface area (Å²) in [5.74, 6) is 1.69. The van der Waals surface area contributed by atoms with Crippen molar-refractivity contribution in [1.82, 2.24) is 9.66 Å². The van der Waals surface area contributed by atoms with Crippen molar-refractivity contribution in [1.29, 1.82) is 0 Å². The smallest absolute Gasteiger partial charge is 0.282 e. The molecule has 3 aromatic carbocycles. The van der Waals surface area contributed by atoms with E-state index in [1.165, 1.54) is 4.68 Å². The maximum absolute atomic E-state index is 13.1. The highest BCUT2D eigenvalue weighted by atomic mass is 79.9. The number of hydrogen-bond acceptors (Lipinski definition) is 5. The van der Waals surface area contributed by atoms with Crippen molar-refractivity contribution in [2.24, 2.45) is 5.10 Å². The van der Waals surface area contributed by atoms with Gasteiger partial charge >= 0.3 is 0 Å². The van der Waals surface area contributed by atoms with Gasteiger partial charge in [-0.1, -0.05) is 46.6 Å². The number of rotatable bonds is 7. The molecular formula is C25H20Br2ClN3O3. The summed E-state index contributed by atoms with van der Waals surface area (Å²) < 4.78 is 14.4. The summed E-state index contributed by atoms with van der Waals surface area (Å²) in [7, 11) is 1.57. The van der Waals surface area contributed by atoms with Crippen LogP contribution in [0.3, 0.4) is 0 Å². The van der Waals surface area contributed by atoms with E-state index >= 15 is 0 Å². The van der Waals surface area contributed by atoms with Gasteiger partial charge < -0.3 is 9.47 Å². The Morgan fingerprint density at radius 1 is 1.09 bits per heavy atom. The topological polar surface area (TPSA) is 65.7 Å². The predicted octanol–water partition coefficient (Wildman–Crippen LogP) is 6.61. The number of ether oxygens (including phenoxy) is 2. The first-order valence-corrected chi connectivity index (χ1v) is 12.4. The van der Waals surface area contributed by atoms with Crippen molar-refractivity contribution in [3.8, 4) is 11.5 Å². The quantitative estimate of drug-likeness (QED) is 0.223. The van der Waals surface area contributed by atoms with Crippen molar-refractivity contribution < 1.29 is 9.47 Å². The van der Waals surface area contributed by atoms with Gasteiger partial charge in [0.15, 0.2) is 11.5 Å². The third-order valence-electron chi connectivity index (χ3n) is 5.09. The van der Waals surface area contributed by atoms with Crippen LogP contribution in [0.2, 0.25) is 5.02 Å². The number of hydrogen-bond donors (Lipinski definition) is 0. The molecule has 0 saturated heterocycles. The first kappa shape index (κ1) is 24.4. The number of aryl methyl sites for hydroxylation is 1. The Labute approximate surface area is 218 Å². The second kappa shape index (κ2) is 10.7. The number of fused-ring (bicyclic) bond motifs is 1. The Bertz CT molecular complexity index is 1440. The Morgan fingerprint density at radius 2 is 1.85 bits per heavy atom. The minimum absolute atomic E-state index is 0.231. The molecule has 6 nitrogen and oxygen atoms in total. The number of nitrogens with zero attached hydrogens (tertiary/aromatic N) is 3. The zero-order valence-electron chi connectivity index (χ0n) is 18.4. The van der Waals surface area contributed by atoms with E-state index in [0.717, 1.165) is 20.1 Å². The molecule has 1 heterocycles. The van der Waals surface area contributed by atoms with Crippen LogP contribution >= 0.6 is 43.5 Å². The van der Waals surface area contributed by atoms with Gasteiger partial charge in [-0.3, -0.25) is 4.79 Å². The molecule has 0 aliphatic heterocycles. The zero-order valence-corrected chi connectivity index (χ0v) is 22.3. The molecule has 0 radical (unpaired) electrons. The van der Waals surface area contributed by atoms with Gasteiger partial charge in [-0.25, -0.2) is 4.98 Å². The molecule has 0 bridgehead atoms. The monoisotopic (exact) mass is 603 g/mol. The highest BCUT2D eigenvalue weighted by molar-refractivity contribution is 9.10. The van der Waals surface area contributed by atoms with E-state index in [9.17, 15) is 4.79 Å². The number of halogens is 3. The molecule has 0 spiro atoms. The third kappa shape index (κ3) is 5.35. The summed E-state index contributed by atoms with van der Waals surface area (Å²) in [6.45, 7) is 2.30. The Balaban J connectivity index is 1.65. The fraction of sp³-hybridized carbons (Fsp3) is 0.160. The summed E-state index contributed by atoms with van der Waals surface area (Å²) in [6, 6.07) is 16.5. The van der Waals surface area contributed by atoms with Gasteiger partial charge in [-0.05, 0) is 64.0 Å². The summed E-state index contributed by atoms with van der Waals surface area (Å²) in [5.41, 5.74) is 2.11. The first-order chi connectivity index (χ1) is 16.4. The van der Waals surface area contributed by atoms with Crippen LogP contribution in [0.15, 0.2) is 73.4 Å². The molecule has 174 valence electrons. The average molecular weight is 606 g/mol. The molecular weight excluding hydrogens is 586 g/mol. The maximum atomic E-state index is 13.1. The van der Waals surface area contributed by atoms with Crippen LogP contribution in [0, 0.1) is 0 Å². The number of methoxy groups -OCH3 is 1. The van der Waals surface area contributed by atoms with E-state index in [1.807, 2.05) is 49.4 Å². The van der Waals surface area contributed by atoms with Crippen molar-refractivity contribution in [2.75, 3.05) is 7.11 Å². The zero-order chi connectivity index (χ0) is 24.2. The normalized spacial score (nSPS) is 11.3. The highest BCUT2D eigenvalue weighted by Crippen LogP contribution is 2.33. The van der Waals surface area contributed by atoms with E-state index in [4.69, 9.17) is 21.1 Å². The minimum atomic E-state index is -0.231. The van der Waals surface area contributed by atoms with Crippen LogP contribution in [0.1, 0.15) is 23.9 Å². The van der Waals surface area contributed by atoms with Crippen molar-refractivity contribution in [3.63, 3.8) is 0 Å². The fourth-order valence-electron chi connectivity index (χ4n) is 3.33. The molecule has 0 N–H and O–H groups in total. The van der Waals surface area contributed by atoms with Crippen molar-refractivity contribution in [3.05, 3.63) is 95.9 Å². The van der Waals surface area contributed by atoms with Gasteiger partial charge in [0.05, 0.1) is 24.2 Å². The van der Waals surface area contributed by atoms with Crippen molar-refractivity contribution in [2.45, 2.75) is 20.0 Å². The summed E-state index contributed by atoms with van der Waals surface area (Å²) >= 11 is 12.9. The van der Waals surface area contributed by atoms with Gasteiger partial charge in [0.1, 0.15) is 12.4 Å². The lowest BCUT2D eigenvalue weighted by Gasteiger charge is -2.13. The standard InChI is InChI=1S/C25H20Br2ClN3O3/c1-3-24-30-21-9-6-17(26)11-19(21)25(32)31(24)29-13-16-10-22(33-2)23(12-20(16)27)34-14-15-4-7-18(28)8-5-15/h4-13H,3,14H2,1-2H3. The molecule has 0 amide bonds. The average Bonchev–Trinajstić information content (AvgIpc) is 2.84. The van der Waals surface area contributed by atoms with E-state index in [0.29, 0.717) is 46.3 Å². The van der Waals surface area contributed by atoms with Gasteiger partial charge in [0.25, 0.3) is 5.56 Å². The molecule has 34 heavy (non-hydrogen) atoms. The lowest BCUT2D eigenvalue weighted by Crippen LogP contribution is -2.22. The molecule has 1 aromatic heterocycles. The maximum Gasteiger partial charge on any atom is 0.282 e. The molecule has 0 fully saturated rings. The molecule has 0 atom stereocenters. The van der Waals surface area contributed by atoms with Crippen LogP contribution < -0.4 is 15.0 Å². The van der Waals surface area contributed by atoms with E-state index in [-0.39, 0.29) is 5.56 Å². The van der Waals surface area contributed by atoms with Gasteiger partial charge in [-0.2, -0.15) is 9.78 Å². The molecule has 0 saturated carbocycles. The summed E-state index contributed by atoms with van der Waals surface area (Å²) in [5, 5.41) is 5.62. The molecule has 0 aliphatic carbocycles. The summed E-state index contributed by atoms with van der Waals surface area (Å²) in [4.78, 5) is 17.7. The van der Waals surface area contributed by atoms with Crippen LogP contribution in [0.4, 0.5) is 0 Å². The highest BCUT2D eigenvalue weighted by Gasteiger charge is 2.12. The molecule has 4 aromatic rings. The number of aromatic nitrogens is 2. The number of benzene rings is 3. The second-order valence-electron chi connectivity index (χ2n) is 7.34. The minimum Gasteiger partial charge on any atom is -0.493 e. The predicted molar refractivity (Wildman–Crippen MR) is 143 cm³/mol. The van der Waals surface area contributed by atoms with E-state index in [2.05, 4.69) is 41.9 Å². The van der Waals surface area contributed by atoms with Crippen LogP contribution in [0.5, 0.6) is 11.5 Å². The van der Waals surface area contributed by atoms with Crippen molar-refractivity contribution >= 4 is 60.6 Å². The van der Waals surface area contributed by atoms with Crippen LogP contribution in [-0.2, 0) is 13.0 Å². The van der Waals surface area contributed by atoms with Gasteiger partial charge in [0.2, 0.25) is 0 Å². The van der Waals surface area contributed by atoms with E-state index < -0.39 is 0 Å². The molecule has 4 rings (SSSR count). The van der Waals surface area contributed by atoms with Gasteiger partial charge in [0, 0.05) is 26.0 Å². The molecule has 0 aliphatic rings. The first-order valence-electron chi connectivity index (χ1n) is 10.4. The van der Waals surface area contributed by atoms with Crippen LogP contribution in [-0.4, -0.2) is 23.0 Å². The third-order valence-corrected chi connectivity index (χ3v) is 6.53. The second-order valence-corrected chi connectivity index (χ2v) is 9.55. The largest absolute Gasteiger partial charge is 0.493 e. The van der Waals surface area contributed by atoms with E-state index in [1.54, 1.807) is 25.5 Å². The lowest BCUT2D eigenvalue weighted by atomic mass is 10.2. The summed E-state index contributed by atoms with van der Waals surface area (Å²) in [6.07, 6.45) is 2.15. The Morgan fingerprint density at radius 3 is 2.56 bits per heavy atom. The Kier molecular flexibility index (Phi) is 7.70. The fourth-order valence-corrected chi connectivity index (χ4v) is 4.24. The molecule has 0 unspecified atom stereocenters. The van der Waals surface area contributed by atoms with Gasteiger partial charge in [-0.15, -0.1) is 0 Å². The lowest BCUT2D eigenvalue weighted by molar-refractivity contribution is 0.284. The Hall–Kier alpha value is -2.68. The SMILES string of the molecule is CCc1nc2ccc(Br)cc2c(=O)n1N=Cc1cc(OC)c(OCc2ccc(Cl)cc2)cc1Br.